The molecule has 2 saturated heterocycles. The number of anilines is 2. The Morgan fingerprint density at radius 3 is 2.44 bits per heavy atom. The van der Waals surface area contributed by atoms with Gasteiger partial charge in [-0.25, -0.2) is 4.39 Å². The van der Waals surface area contributed by atoms with Crippen molar-refractivity contribution in [2.24, 2.45) is 5.41 Å². The number of nitrogen functional groups attached to an aromatic ring is 1. The molecular weight excluding hydrogens is 570 g/mol. The first-order valence-electron chi connectivity index (χ1n) is 14.0. The van der Waals surface area contributed by atoms with Gasteiger partial charge in [0, 0.05) is 31.3 Å². The number of alkyl halides is 3. The lowest BCUT2D eigenvalue weighted by Crippen LogP contribution is -2.41. The zero-order chi connectivity index (χ0) is 30.8. The molecule has 0 amide bonds. The summed E-state index contributed by atoms with van der Waals surface area (Å²) in [7, 11) is 1.34. The maximum atomic E-state index is 14.2. The second kappa shape index (κ2) is 12.2. The third kappa shape index (κ3) is 6.76. The van der Waals surface area contributed by atoms with Crippen LogP contribution >= 0.6 is 0 Å². The molecule has 0 saturated carbocycles. The van der Waals surface area contributed by atoms with Crippen molar-refractivity contribution < 1.29 is 36.6 Å². The van der Waals surface area contributed by atoms with Crippen LogP contribution in [0.3, 0.4) is 0 Å². The van der Waals surface area contributed by atoms with Crippen molar-refractivity contribution in [3.05, 3.63) is 59.9 Å². The molecule has 230 valence electrons. The summed E-state index contributed by atoms with van der Waals surface area (Å²) < 4.78 is 72.2. The fourth-order valence-corrected chi connectivity index (χ4v) is 5.71. The Morgan fingerprint density at radius 2 is 1.81 bits per heavy atom. The summed E-state index contributed by atoms with van der Waals surface area (Å²) >= 11 is 0. The van der Waals surface area contributed by atoms with Crippen LogP contribution in [0.15, 0.2) is 48.5 Å². The molecule has 0 aliphatic carbocycles. The highest BCUT2D eigenvalue weighted by atomic mass is 19.4. The van der Waals surface area contributed by atoms with Crippen LogP contribution in [0.25, 0.3) is 11.1 Å². The van der Waals surface area contributed by atoms with Gasteiger partial charge in [-0.2, -0.15) is 23.1 Å². The van der Waals surface area contributed by atoms with Crippen molar-refractivity contribution >= 4 is 17.7 Å². The number of nitrogens with one attached hydrogen (secondary N) is 1. The number of nitrogens with two attached hydrogens (primary N) is 1. The lowest BCUT2D eigenvalue weighted by molar-refractivity contribution is -0.198. The van der Waals surface area contributed by atoms with E-state index in [4.69, 9.17) is 19.9 Å². The standard InChI is InChI=1S/C30H33F4N5O4/c1-3-42-27(40)22-16-29(17-36-22)10-12-39(13-11-29)24-15-25(38-28(35)37-24)43-26(30(32,33)34)19-6-4-18(5-7-19)20-8-9-23(41-2)21(31)14-20/h4-9,14-15,22,26,36H,3,10-13,16-17H2,1-2H3,(H2,35,37,38)/t22-,26+/m0/s1. The van der Waals surface area contributed by atoms with Crippen LogP contribution < -0.4 is 25.4 Å². The number of aromatic nitrogens is 2. The molecule has 2 aromatic carbocycles. The van der Waals surface area contributed by atoms with Crippen molar-refractivity contribution in [2.75, 3.05) is 44.0 Å². The van der Waals surface area contributed by atoms with E-state index in [9.17, 15) is 22.4 Å². The molecule has 13 heteroatoms. The second-order valence-corrected chi connectivity index (χ2v) is 10.8. The molecule has 2 fully saturated rings. The molecule has 2 atom stereocenters. The predicted octanol–water partition coefficient (Wildman–Crippen LogP) is 5.07. The molecule has 43 heavy (non-hydrogen) atoms. The van der Waals surface area contributed by atoms with E-state index in [0.29, 0.717) is 49.6 Å². The van der Waals surface area contributed by atoms with E-state index >= 15 is 0 Å². The quantitative estimate of drug-likeness (QED) is 0.269. The molecule has 1 spiro atoms. The molecule has 3 heterocycles. The normalized spacial score (nSPS) is 18.8. The van der Waals surface area contributed by atoms with Gasteiger partial charge in [0.2, 0.25) is 17.9 Å². The van der Waals surface area contributed by atoms with Gasteiger partial charge in [0.25, 0.3) is 0 Å². The topological polar surface area (TPSA) is 112 Å². The Hall–Kier alpha value is -4.13. The number of hydrogen-bond acceptors (Lipinski definition) is 9. The Bertz CT molecular complexity index is 1450. The summed E-state index contributed by atoms with van der Waals surface area (Å²) in [6, 6.07) is 10.8. The van der Waals surface area contributed by atoms with Crippen molar-refractivity contribution in [1.29, 1.82) is 0 Å². The van der Waals surface area contributed by atoms with Crippen LogP contribution in [0.1, 0.15) is 37.9 Å². The minimum atomic E-state index is -4.77. The first-order valence-corrected chi connectivity index (χ1v) is 14.0. The number of ether oxygens (including phenoxy) is 3. The van der Waals surface area contributed by atoms with Gasteiger partial charge in [0.1, 0.15) is 11.9 Å². The number of esters is 1. The van der Waals surface area contributed by atoms with Gasteiger partial charge < -0.3 is 30.2 Å². The number of hydrogen-bond donors (Lipinski definition) is 2. The monoisotopic (exact) mass is 603 g/mol. The highest BCUT2D eigenvalue weighted by Gasteiger charge is 2.45. The molecule has 2 aliphatic heterocycles. The number of carbonyl (C=O) groups is 1. The zero-order valence-electron chi connectivity index (χ0n) is 23.8. The summed E-state index contributed by atoms with van der Waals surface area (Å²) in [5, 5.41) is 3.26. The highest BCUT2D eigenvalue weighted by molar-refractivity contribution is 5.76. The maximum absolute atomic E-state index is 14.2. The Morgan fingerprint density at radius 1 is 1.12 bits per heavy atom. The molecule has 1 aromatic heterocycles. The van der Waals surface area contributed by atoms with Gasteiger partial charge in [0.15, 0.2) is 11.6 Å². The van der Waals surface area contributed by atoms with E-state index in [2.05, 4.69) is 15.3 Å². The van der Waals surface area contributed by atoms with Gasteiger partial charge in [-0.3, -0.25) is 4.79 Å². The van der Waals surface area contributed by atoms with Gasteiger partial charge in [-0.1, -0.05) is 30.3 Å². The first-order chi connectivity index (χ1) is 20.5. The fourth-order valence-electron chi connectivity index (χ4n) is 5.71. The summed E-state index contributed by atoms with van der Waals surface area (Å²) in [5.41, 5.74) is 6.66. The molecule has 5 rings (SSSR count). The van der Waals surface area contributed by atoms with Crippen molar-refractivity contribution in [3.63, 3.8) is 0 Å². The number of piperidine rings is 1. The van der Waals surface area contributed by atoms with Gasteiger partial charge >= 0.3 is 12.1 Å². The Kier molecular flexibility index (Phi) is 8.63. The zero-order valence-corrected chi connectivity index (χ0v) is 23.8. The van der Waals surface area contributed by atoms with Crippen molar-refractivity contribution in [1.82, 2.24) is 15.3 Å². The van der Waals surface area contributed by atoms with Gasteiger partial charge in [-0.05, 0) is 54.9 Å². The molecule has 0 radical (unpaired) electrons. The molecule has 0 bridgehead atoms. The Balaban J connectivity index is 1.29. The van der Waals surface area contributed by atoms with E-state index in [1.54, 1.807) is 13.0 Å². The number of nitrogens with zero attached hydrogens (tertiary/aromatic N) is 3. The van der Waals surface area contributed by atoms with Crippen LogP contribution in [0, 0.1) is 11.2 Å². The minimum Gasteiger partial charge on any atom is -0.494 e. The van der Waals surface area contributed by atoms with Gasteiger partial charge in [-0.15, -0.1) is 0 Å². The van der Waals surface area contributed by atoms with E-state index in [-0.39, 0.29) is 40.6 Å². The Labute approximate surface area is 246 Å². The van der Waals surface area contributed by atoms with Crippen LogP contribution in [0.2, 0.25) is 0 Å². The molecular formula is C30H33F4N5O4. The third-order valence-electron chi connectivity index (χ3n) is 8.02. The van der Waals surface area contributed by atoms with E-state index in [0.717, 1.165) is 12.8 Å². The van der Waals surface area contributed by atoms with Crippen LogP contribution in [0.4, 0.5) is 29.3 Å². The lowest BCUT2D eigenvalue weighted by atomic mass is 9.76. The molecule has 9 nitrogen and oxygen atoms in total. The van der Waals surface area contributed by atoms with Crippen molar-refractivity contribution in [2.45, 2.75) is 44.5 Å². The third-order valence-corrected chi connectivity index (χ3v) is 8.02. The number of carbonyl (C=O) groups excluding carboxylic acids is 1. The average Bonchev–Trinajstić information content (AvgIpc) is 3.39. The smallest absolute Gasteiger partial charge is 0.429 e. The van der Waals surface area contributed by atoms with E-state index in [1.807, 2.05) is 4.90 Å². The minimum absolute atomic E-state index is 0.0663. The molecule has 0 unspecified atom stereocenters. The fraction of sp³-hybridized carbons (Fsp3) is 0.433. The number of methoxy groups -OCH3 is 1. The lowest BCUT2D eigenvalue weighted by Gasteiger charge is -2.39. The van der Waals surface area contributed by atoms with Crippen LogP contribution in [0.5, 0.6) is 11.6 Å². The predicted molar refractivity (Wildman–Crippen MR) is 151 cm³/mol. The SMILES string of the molecule is CCOC(=O)[C@@H]1CC2(CCN(c3cc(O[C@H](c4ccc(-c5ccc(OC)c(F)c5)cc4)C(F)(F)F)nc(N)n3)CC2)CN1. The number of rotatable bonds is 8. The van der Waals surface area contributed by atoms with Crippen LogP contribution in [-0.4, -0.2) is 61.5 Å². The summed E-state index contributed by atoms with van der Waals surface area (Å²) in [4.78, 5) is 22.3. The maximum Gasteiger partial charge on any atom is 0.429 e. The largest absolute Gasteiger partial charge is 0.494 e. The molecule has 3 aromatic rings. The highest BCUT2D eigenvalue weighted by Crippen LogP contribution is 2.42. The number of benzene rings is 2. The van der Waals surface area contributed by atoms with Crippen molar-refractivity contribution in [3.8, 4) is 22.8 Å². The summed E-state index contributed by atoms with van der Waals surface area (Å²) in [5.74, 6) is -0.926. The summed E-state index contributed by atoms with van der Waals surface area (Å²) in [6.45, 7) is 3.92. The summed E-state index contributed by atoms with van der Waals surface area (Å²) in [6.07, 6.45) is -4.92. The molecule has 2 aliphatic rings. The van der Waals surface area contributed by atoms with Gasteiger partial charge in [0.05, 0.1) is 13.7 Å². The number of halogens is 4. The van der Waals surface area contributed by atoms with Crippen LogP contribution in [-0.2, 0) is 9.53 Å². The van der Waals surface area contributed by atoms with E-state index < -0.39 is 18.1 Å². The van der Waals surface area contributed by atoms with E-state index in [1.165, 1.54) is 49.6 Å². The first kappa shape index (κ1) is 30.3. The molecule has 3 N–H and O–H groups in total. The average molecular weight is 604 g/mol. The second-order valence-electron chi connectivity index (χ2n) is 10.8.